The number of para-hydroxylation sites is 1. The molecule has 3 N–H and O–H groups in total. The smallest absolute Gasteiger partial charge is 0.257 e. The Kier molecular flexibility index (Phi) is 4.81. The minimum atomic E-state index is -0.488. The molecule has 1 amide bonds. The second-order valence-corrected chi connectivity index (χ2v) is 8.78. The lowest BCUT2D eigenvalue weighted by Gasteiger charge is -2.32. The Labute approximate surface area is 190 Å². The Hall–Kier alpha value is -3.43. The highest BCUT2D eigenvalue weighted by molar-refractivity contribution is 6.01. The minimum Gasteiger partial charge on any atom is -0.391 e. The first-order valence-electron chi connectivity index (χ1n) is 11.4. The van der Waals surface area contributed by atoms with E-state index in [2.05, 4.69) is 38.6 Å². The molecule has 1 aliphatic heterocycles. The predicted molar refractivity (Wildman–Crippen MR) is 124 cm³/mol. The van der Waals surface area contributed by atoms with Crippen molar-refractivity contribution in [1.29, 1.82) is 0 Å². The quantitative estimate of drug-likeness (QED) is 0.435. The van der Waals surface area contributed by atoms with Crippen LogP contribution in [0.2, 0.25) is 0 Å². The molecule has 9 heteroatoms. The summed E-state index contributed by atoms with van der Waals surface area (Å²) in [4.78, 5) is 17.8. The highest BCUT2D eigenvalue weighted by Gasteiger charge is 2.31. The molecule has 0 radical (unpaired) electrons. The maximum Gasteiger partial charge on any atom is 0.257 e. The molecule has 1 aliphatic carbocycles. The number of amides is 1. The maximum atomic E-state index is 13.0. The van der Waals surface area contributed by atoms with E-state index in [0.29, 0.717) is 30.3 Å². The van der Waals surface area contributed by atoms with E-state index in [9.17, 15) is 9.90 Å². The predicted octanol–water partition coefficient (Wildman–Crippen LogP) is 2.61. The van der Waals surface area contributed by atoms with Crippen LogP contribution < -0.4 is 10.6 Å². The number of aromatic nitrogens is 4. The van der Waals surface area contributed by atoms with Gasteiger partial charge in [-0.3, -0.25) is 4.79 Å². The van der Waals surface area contributed by atoms with Crippen molar-refractivity contribution in [2.75, 3.05) is 25.6 Å². The third-order valence-corrected chi connectivity index (χ3v) is 6.84. The van der Waals surface area contributed by atoms with Gasteiger partial charge in [0.05, 0.1) is 36.7 Å². The molecule has 33 heavy (non-hydrogen) atoms. The van der Waals surface area contributed by atoms with E-state index in [-0.39, 0.29) is 11.9 Å². The third kappa shape index (κ3) is 3.27. The van der Waals surface area contributed by atoms with Gasteiger partial charge in [-0.25, -0.2) is 4.98 Å². The standard InChI is InChI=1S/C24H26N6O3/c1-25-22-10-19(17-12-29(14-8-9-33-13-14)20-5-3-2-4-15(17)20)27-23-16(11-26-30(22)23)24(32)28-18-6-7-21(18)31/h2-5,10-12,14,18,21,25,31H,6-9,13H2,1H3,(H,28,32)/t14?,18-,21+/m0/s1. The fraction of sp³-hybridized carbons (Fsp3) is 0.375. The van der Waals surface area contributed by atoms with Crippen molar-refractivity contribution in [1.82, 2.24) is 24.5 Å². The van der Waals surface area contributed by atoms with Crippen LogP contribution in [0.25, 0.3) is 27.8 Å². The van der Waals surface area contributed by atoms with Gasteiger partial charge in [0.25, 0.3) is 5.91 Å². The molecule has 1 aromatic carbocycles. The number of carbonyl (C=O) groups is 1. The van der Waals surface area contributed by atoms with Crippen molar-refractivity contribution in [3.63, 3.8) is 0 Å². The van der Waals surface area contributed by atoms with Crippen molar-refractivity contribution in [3.05, 3.63) is 48.3 Å². The molecule has 1 saturated carbocycles. The highest BCUT2D eigenvalue weighted by atomic mass is 16.5. The van der Waals surface area contributed by atoms with E-state index in [4.69, 9.17) is 9.72 Å². The van der Waals surface area contributed by atoms with Crippen LogP contribution in [0.15, 0.2) is 42.7 Å². The van der Waals surface area contributed by atoms with Gasteiger partial charge in [0.2, 0.25) is 0 Å². The molecule has 0 spiro atoms. The van der Waals surface area contributed by atoms with Crippen LogP contribution in [0.1, 0.15) is 35.7 Å². The minimum absolute atomic E-state index is 0.217. The number of carbonyl (C=O) groups excluding carboxylic acids is 1. The monoisotopic (exact) mass is 446 g/mol. The average Bonchev–Trinajstić information content (AvgIpc) is 3.58. The van der Waals surface area contributed by atoms with Crippen LogP contribution in [0.3, 0.4) is 0 Å². The van der Waals surface area contributed by atoms with Crippen LogP contribution in [-0.2, 0) is 4.74 Å². The van der Waals surface area contributed by atoms with Crippen LogP contribution in [0.5, 0.6) is 0 Å². The van der Waals surface area contributed by atoms with E-state index < -0.39 is 6.10 Å². The van der Waals surface area contributed by atoms with Gasteiger partial charge >= 0.3 is 0 Å². The number of hydrogen-bond acceptors (Lipinski definition) is 6. The summed E-state index contributed by atoms with van der Waals surface area (Å²) in [5.74, 6) is 0.463. The Morgan fingerprint density at radius 2 is 2.12 bits per heavy atom. The molecule has 9 nitrogen and oxygen atoms in total. The van der Waals surface area contributed by atoms with E-state index in [0.717, 1.165) is 47.4 Å². The van der Waals surface area contributed by atoms with Gasteiger partial charge in [-0.05, 0) is 25.3 Å². The third-order valence-electron chi connectivity index (χ3n) is 6.84. The highest BCUT2D eigenvalue weighted by Crippen LogP contribution is 2.35. The lowest BCUT2D eigenvalue weighted by Crippen LogP contribution is -2.50. The Bertz CT molecular complexity index is 1350. The topological polar surface area (TPSA) is 106 Å². The number of benzene rings is 1. The Morgan fingerprint density at radius 3 is 2.85 bits per heavy atom. The molecule has 2 aliphatic rings. The van der Waals surface area contributed by atoms with Crippen molar-refractivity contribution in [2.24, 2.45) is 0 Å². The van der Waals surface area contributed by atoms with Gasteiger partial charge in [-0.1, -0.05) is 18.2 Å². The summed E-state index contributed by atoms with van der Waals surface area (Å²) in [7, 11) is 1.82. The molecular formula is C24H26N6O3. The van der Waals surface area contributed by atoms with E-state index in [1.165, 1.54) is 6.20 Å². The SMILES string of the molecule is CNc1cc(-c2cn(C3CCOC3)c3ccccc23)nc2c(C(=O)N[C@H]3CC[C@H]3O)cnn12. The normalized spacial score (nSPS) is 22.5. The lowest BCUT2D eigenvalue weighted by molar-refractivity contribution is 0.0448. The molecule has 1 unspecified atom stereocenters. The Morgan fingerprint density at radius 1 is 1.24 bits per heavy atom. The zero-order valence-corrected chi connectivity index (χ0v) is 18.4. The number of ether oxygens (including phenoxy) is 1. The van der Waals surface area contributed by atoms with Crippen molar-refractivity contribution in [3.8, 4) is 11.3 Å². The fourth-order valence-electron chi connectivity index (χ4n) is 4.79. The number of aliphatic hydroxyl groups is 1. The van der Waals surface area contributed by atoms with Gasteiger partial charge < -0.3 is 25.0 Å². The zero-order chi connectivity index (χ0) is 22.5. The van der Waals surface area contributed by atoms with Gasteiger partial charge in [0.1, 0.15) is 11.4 Å². The fourth-order valence-corrected chi connectivity index (χ4v) is 4.79. The van der Waals surface area contributed by atoms with Crippen LogP contribution in [0, 0.1) is 0 Å². The van der Waals surface area contributed by atoms with E-state index >= 15 is 0 Å². The van der Waals surface area contributed by atoms with Crippen LogP contribution >= 0.6 is 0 Å². The van der Waals surface area contributed by atoms with Gasteiger partial charge in [0.15, 0.2) is 5.65 Å². The molecule has 4 aromatic rings. The zero-order valence-electron chi connectivity index (χ0n) is 18.4. The van der Waals surface area contributed by atoms with Crippen molar-refractivity contribution < 1.29 is 14.6 Å². The summed E-state index contributed by atoms with van der Waals surface area (Å²) in [5.41, 5.74) is 3.77. The number of nitrogens with one attached hydrogen (secondary N) is 2. The van der Waals surface area contributed by atoms with E-state index in [1.54, 1.807) is 4.52 Å². The Balaban J connectivity index is 1.48. The van der Waals surface area contributed by atoms with Crippen LogP contribution in [0.4, 0.5) is 5.82 Å². The van der Waals surface area contributed by atoms with E-state index in [1.807, 2.05) is 25.2 Å². The number of fused-ring (bicyclic) bond motifs is 2. The average molecular weight is 447 g/mol. The van der Waals surface area contributed by atoms with Crippen molar-refractivity contribution >= 4 is 28.3 Å². The molecule has 3 aromatic heterocycles. The second-order valence-electron chi connectivity index (χ2n) is 8.78. The van der Waals surface area contributed by atoms with Gasteiger partial charge in [0, 0.05) is 42.4 Å². The number of nitrogens with zero attached hydrogens (tertiary/aromatic N) is 4. The van der Waals surface area contributed by atoms with Crippen molar-refractivity contribution in [2.45, 2.75) is 37.5 Å². The first-order chi connectivity index (χ1) is 16.1. The lowest BCUT2D eigenvalue weighted by atomic mass is 9.89. The summed E-state index contributed by atoms with van der Waals surface area (Å²) >= 11 is 0. The first-order valence-corrected chi connectivity index (χ1v) is 11.4. The molecule has 1 saturated heterocycles. The molecule has 0 bridgehead atoms. The maximum absolute atomic E-state index is 13.0. The van der Waals surface area contributed by atoms with Gasteiger partial charge in [-0.15, -0.1) is 0 Å². The molecule has 4 heterocycles. The second kappa shape index (κ2) is 7.86. The van der Waals surface area contributed by atoms with Crippen LogP contribution in [-0.4, -0.2) is 62.6 Å². The number of hydrogen-bond donors (Lipinski definition) is 3. The first kappa shape index (κ1) is 20.2. The summed E-state index contributed by atoms with van der Waals surface area (Å²) in [6, 6.07) is 10.3. The number of rotatable bonds is 5. The number of aliphatic hydroxyl groups excluding tert-OH is 1. The summed E-state index contributed by atoms with van der Waals surface area (Å²) in [6.45, 7) is 1.47. The summed E-state index contributed by atoms with van der Waals surface area (Å²) < 4.78 is 9.55. The van der Waals surface area contributed by atoms with Gasteiger partial charge in [-0.2, -0.15) is 9.61 Å². The summed E-state index contributed by atoms with van der Waals surface area (Å²) in [6.07, 6.45) is 5.65. The summed E-state index contributed by atoms with van der Waals surface area (Å²) in [5, 5.41) is 21.4. The largest absolute Gasteiger partial charge is 0.391 e. The molecule has 170 valence electrons. The molecule has 2 fully saturated rings. The number of anilines is 1. The molecule has 6 rings (SSSR count). The molecular weight excluding hydrogens is 420 g/mol. The molecule has 3 atom stereocenters.